The number of fused-ring (bicyclic) bond motifs is 1. The highest BCUT2D eigenvalue weighted by Crippen LogP contribution is 2.36. The topological polar surface area (TPSA) is 114 Å². The zero-order valence-corrected chi connectivity index (χ0v) is 19.0. The lowest BCUT2D eigenvalue weighted by molar-refractivity contribution is -0.147. The van der Waals surface area contributed by atoms with Crippen LogP contribution in [0.15, 0.2) is 53.7 Å². The molecule has 4 rings (SSSR count). The Morgan fingerprint density at radius 1 is 1.20 bits per heavy atom. The Hall–Kier alpha value is -3.89. The Labute approximate surface area is 196 Å². The number of sulfonamides is 1. The van der Waals surface area contributed by atoms with Gasteiger partial charge in [-0.25, -0.2) is 12.8 Å². The summed E-state index contributed by atoms with van der Waals surface area (Å²) in [5.41, 5.74) is 1.11. The number of halogens is 4. The molecule has 1 N–H and O–H groups in total. The first-order valence-corrected chi connectivity index (χ1v) is 11.5. The Morgan fingerprint density at radius 3 is 2.51 bits per heavy atom. The van der Waals surface area contributed by atoms with Crippen molar-refractivity contribution in [3.05, 3.63) is 65.7 Å². The predicted octanol–water partition coefficient (Wildman–Crippen LogP) is 4.03. The number of alkyl halides is 3. The summed E-state index contributed by atoms with van der Waals surface area (Å²) < 4.78 is 80.7. The van der Waals surface area contributed by atoms with E-state index in [1.165, 1.54) is 29.0 Å². The highest BCUT2D eigenvalue weighted by atomic mass is 32.2. The van der Waals surface area contributed by atoms with Gasteiger partial charge in [-0.05, 0) is 55.8 Å². The van der Waals surface area contributed by atoms with E-state index in [1.807, 2.05) is 6.07 Å². The van der Waals surface area contributed by atoms with E-state index in [0.29, 0.717) is 23.8 Å². The van der Waals surface area contributed by atoms with Crippen LogP contribution in [0.2, 0.25) is 0 Å². The molecular formula is C22H16F4N6O2S. The van der Waals surface area contributed by atoms with Crippen LogP contribution in [0.4, 0.5) is 17.6 Å². The van der Waals surface area contributed by atoms with Gasteiger partial charge < -0.3 is 0 Å². The molecule has 0 aliphatic carbocycles. The minimum atomic E-state index is -4.77. The molecular weight excluding hydrogens is 488 g/mol. The SMILES string of the molecule is Cc1cc2c(cc1F)c(C#N)c(-c1ccc(S(=O)(=O)N[C@@H](C)C(F)(F)F)cn1)n2-c1cccnn1. The minimum absolute atomic E-state index is 0.0523. The van der Waals surface area contributed by atoms with Crippen molar-refractivity contribution >= 4 is 20.9 Å². The molecule has 0 spiro atoms. The molecule has 1 aromatic carbocycles. The number of nitriles is 1. The van der Waals surface area contributed by atoms with Crippen LogP contribution in [0.3, 0.4) is 0 Å². The Bertz CT molecular complexity index is 1560. The molecule has 0 radical (unpaired) electrons. The van der Waals surface area contributed by atoms with Gasteiger partial charge in [0.25, 0.3) is 0 Å². The van der Waals surface area contributed by atoms with Crippen LogP contribution < -0.4 is 4.72 Å². The molecule has 13 heteroatoms. The fourth-order valence-corrected chi connectivity index (χ4v) is 4.64. The second kappa shape index (κ2) is 8.71. The van der Waals surface area contributed by atoms with Crippen LogP contribution in [0, 0.1) is 24.1 Å². The van der Waals surface area contributed by atoms with Gasteiger partial charge in [-0.15, -0.1) is 5.10 Å². The Kier molecular flexibility index (Phi) is 6.04. The second-order valence-electron chi connectivity index (χ2n) is 7.63. The zero-order chi connectivity index (χ0) is 25.5. The summed E-state index contributed by atoms with van der Waals surface area (Å²) in [5, 5.41) is 18.1. The summed E-state index contributed by atoms with van der Waals surface area (Å²) >= 11 is 0. The number of hydrogen-bond acceptors (Lipinski definition) is 6. The number of rotatable bonds is 5. The van der Waals surface area contributed by atoms with Gasteiger partial charge in [0.2, 0.25) is 10.0 Å². The molecule has 0 saturated heterocycles. The van der Waals surface area contributed by atoms with E-state index in [2.05, 4.69) is 15.2 Å². The van der Waals surface area contributed by atoms with Gasteiger partial charge in [0.15, 0.2) is 5.82 Å². The minimum Gasteiger partial charge on any atom is -0.289 e. The standard InChI is InChI=1S/C22H16F4N6O2S/c1-12-8-19-15(9-17(12)23)16(10-27)21(32(19)20-4-3-7-29-30-20)18-6-5-14(11-28-18)35(33,34)31-13(2)22(24,25)26/h3-9,11,13,31H,1-2H3/t13-/m0/s1. The lowest BCUT2D eigenvalue weighted by Crippen LogP contribution is -2.42. The molecule has 0 aliphatic heterocycles. The third-order valence-electron chi connectivity index (χ3n) is 5.26. The summed E-state index contributed by atoms with van der Waals surface area (Å²) in [5.74, 6) is -0.240. The van der Waals surface area contributed by atoms with E-state index in [0.717, 1.165) is 12.3 Å². The molecule has 0 unspecified atom stereocenters. The molecule has 8 nitrogen and oxygen atoms in total. The smallest absolute Gasteiger partial charge is 0.289 e. The van der Waals surface area contributed by atoms with Crippen molar-refractivity contribution in [2.24, 2.45) is 0 Å². The highest BCUT2D eigenvalue weighted by molar-refractivity contribution is 7.89. The summed E-state index contributed by atoms with van der Waals surface area (Å²) in [4.78, 5) is 3.61. The van der Waals surface area contributed by atoms with Gasteiger partial charge in [0.05, 0.1) is 22.5 Å². The fourth-order valence-electron chi connectivity index (χ4n) is 3.46. The maximum atomic E-state index is 14.4. The van der Waals surface area contributed by atoms with Gasteiger partial charge in [-0.3, -0.25) is 9.55 Å². The molecule has 1 atom stereocenters. The van der Waals surface area contributed by atoms with E-state index < -0.39 is 33.0 Å². The van der Waals surface area contributed by atoms with Crippen molar-refractivity contribution in [2.45, 2.75) is 31.0 Å². The summed E-state index contributed by atoms with van der Waals surface area (Å²) in [6.07, 6.45) is -2.45. The van der Waals surface area contributed by atoms with E-state index in [-0.39, 0.29) is 22.3 Å². The van der Waals surface area contributed by atoms with Crippen molar-refractivity contribution in [3.63, 3.8) is 0 Å². The zero-order valence-electron chi connectivity index (χ0n) is 18.2. The number of aromatic nitrogens is 4. The predicted molar refractivity (Wildman–Crippen MR) is 117 cm³/mol. The van der Waals surface area contributed by atoms with E-state index >= 15 is 0 Å². The third kappa shape index (κ3) is 4.45. The molecule has 180 valence electrons. The van der Waals surface area contributed by atoms with Crippen LogP contribution in [0.1, 0.15) is 18.1 Å². The van der Waals surface area contributed by atoms with Crippen molar-refractivity contribution in [1.82, 2.24) is 24.5 Å². The summed E-state index contributed by atoms with van der Waals surface area (Å²) in [6, 6.07) is 7.99. The van der Waals surface area contributed by atoms with Gasteiger partial charge in [-0.1, -0.05) is 0 Å². The lowest BCUT2D eigenvalue weighted by atomic mass is 10.1. The number of nitrogens with zero attached hydrogens (tertiary/aromatic N) is 5. The number of aryl methyl sites for hydroxylation is 1. The first kappa shape index (κ1) is 24.2. The van der Waals surface area contributed by atoms with Crippen LogP contribution in [0.25, 0.3) is 28.1 Å². The maximum Gasteiger partial charge on any atom is 0.404 e. The van der Waals surface area contributed by atoms with Gasteiger partial charge in [-0.2, -0.15) is 28.3 Å². The normalized spacial score (nSPS) is 13.1. The summed E-state index contributed by atoms with van der Waals surface area (Å²) in [7, 11) is -4.53. The first-order valence-electron chi connectivity index (χ1n) is 10.0. The van der Waals surface area contributed by atoms with E-state index in [9.17, 15) is 31.2 Å². The molecule has 35 heavy (non-hydrogen) atoms. The van der Waals surface area contributed by atoms with E-state index in [4.69, 9.17) is 0 Å². The highest BCUT2D eigenvalue weighted by Gasteiger charge is 2.39. The van der Waals surface area contributed by atoms with Crippen molar-refractivity contribution in [1.29, 1.82) is 5.26 Å². The van der Waals surface area contributed by atoms with Crippen molar-refractivity contribution in [2.75, 3.05) is 0 Å². The van der Waals surface area contributed by atoms with Crippen LogP contribution in [-0.4, -0.2) is 40.4 Å². The van der Waals surface area contributed by atoms with Crippen molar-refractivity contribution in [3.8, 4) is 23.3 Å². The van der Waals surface area contributed by atoms with Gasteiger partial charge in [0.1, 0.15) is 22.8 Å². The average molecular weight is 504 g/mol. The van der Waals surface area contributed by atoms with Gasteiger partial charge >= 0.3 is 6.18 Å². The molecule has 0 fully saturated rings. The monoisotopic (exact) mass is 504 g/mol. The third-order valence-corrected chi connectivity index (χ3v) is 6.78. The van der Waals surface area contributed by atoms with Crippen LogP contribution in [0.5, 0.6) is 0 Å². The van der Waals surface area contributed by atoms with Gasteiger partial charge in [0, 0.05) is 17.8 Å². The average Bonchev–Trinajstić information content (AvgIpc) is 3.12. The fraction of sp³-hybridized carbons (Fsp3) is 0.182. The molecule has 0 amide bonds. The Balaban J connectivity index is 1.90. The first-order chi connectivity index (χ1) is 16.4. The number of hydrogen-bond donors (Lipinski definition) is 1. The number of pyridine rings is 1. The van der Waals surface area contributed by atoms with Crippen LogP contribution in [-0.2, 0) is 10.0 Å². The number of nitrogens with one attached hydrogen (secondary N) is 1. The maximum absolute atomic E-state index is 14.4. The quantitative estimate of drug-likeness (QED) is 0.411. The second-order valence-corrected chi connectivity index (χ2v) is 9.35. The molecule has 4 aromatic rings. The molecule has 0 bridgehead atoms. The number of benzene rings is 1. The molecule has 0 aliphatic rings. The van der Waals surface area contributed by atoms with Crippen molar-refractivity contribution < 1.29 is 26.0 Å². The van der Waals surface area contributed by atoms with Crippen LogP contribution >= 0.6 is 0 Å². The summed E-state index contributed by atoms with van der Waals surface area (Å²) in [6.45, 7) is 2.24. The molecule has 3 aromatic heterocycles. The molecule has 0 saturated carbocycles. The Morgan fingerprint density at radius 2 is 1.94 bits per heavy atom. The largest absolute Gasteiger partial charge is 0.404 e. The lowest BCUT2D eigenvalue weighted by Gasteiger charge is -2.17. The molecule has 3 heterocycles. The van der Waals surface area contributed by atoms with E-state index in [1.54, 1.807) is 23.8 Å².